The average molecular weight is 412 g/mol. The number of thiophene rings is 1. The second-order valence-electron chi connectivity index (χ2n) is 5.94. The van der Waals surface area contributed by atoms with E-state index in [2.05, 4.69) is 16.9 Å². The zero-order valence-corrected chi connectivity index (χ0v) is 17.2. The topological polar surface area (TPSA) is 47.8 Å². The van der Waals surface area contributed by atoms with Crippen molar-refractivity contribution >= 4 is 44.7 Å². The number of nitrogens with zero attached hydrogens (tertiary/aromatic N) is 3. The molecule has 0 radical (unpaired) electrons. The van der Waals surface area contributed by atoms with Crippen molar-refractivity contribution in [2.75, 3.05) is 0 Å². The second-order valence-corrected chi connectivity index (χ2v) is 8.80. The van der Waals surface area contributed by atoms with Gasteiger partial charge in [-0.3, -0.25) is 9.36 Å². The number of rotatable bonds is 6. The molecular formula is C20H17N3OS3. The van der Waals surface area contributed by atoms with Gasteiger partial charge in [-0.1, -0.05) is 48.2 Å². The molecule has 27 heavy (non-hydrogen) atoms. The standard InChI is InChI=1S/C20H17N3OS3/c1-3-9-23-19(24)17-16(14-7-5-4-6-8-14)12-26-18(17)22-20(23)27-11-15-10-25-13(2)21-15/h3-8,10,12H,1,9,11H2,2H3. The molecule has 3 aromatic heterocycles. The summed E-state index contributed by atoms with van der Waals surface area (Å²) in [5, 5.41) is 6.50. The van der Waals surface area contributed by atoms with Gasteiger partial charge in [0.2, 0.25) is 0 Å². The average Bonchev–Trinajstić information content (AvgIpc) is 3.29. The van der Waals surface area contributed by atoms with Crippen LogP contribution < -0.4 is 5.56 Å². The summed E-state index contributed by atoms with van der Waals surface area (Å²) in [6.45, 7) is 6.23. The van der Waals surface area contributed by atoms with E-state index in [1.54, 1.807) is 33.7 Å². The maximum absolute atomic E-state index is 13.3. The molecule has 0 fully saturated rings. The predicted molar refractivity (Wildman–Crippen MR) is 116 cm³/mol. The van der Waals surface area contributed by atoms with Gasteiger partial charge in [0.05, 0.1) is 16.1 Å². The highest BCUT2D eigenvalue weighted by molar-refractivity contribution is 7.98. The van der Waals surface area contributed by atoms with E-state index in [9.17, 15) is 4.79 Å². The van der Waals surface area contributed by atoms with Gasteiger partial charge >= 0.3 is 0 Å². The number of hydrogen-bond donors (Lipinski definition) is 0. The lowest BCUT2D eigenvalue weighted by molar-refractivity contribution is 0.673. The lowest BCUT2D eigenvalue weighted by Gasteiger charge is -2.10. The van der Waals surface area contributed by atoms with Gasteiger partial charge in [0.15, 0.2) is 5.16 Å². The van der Waals surface area contributed by atoms with Gasteiger partial charge < -0.3 is 0 Å². The Balaban J connectivity index is 1.79. The summed E-state index contributed by atoms with van der Waals surface area (Å²) in [6, 6.07) is 9.97. The largest absolute Gasteiger partial charge is 0.283 e. The quantitative estimate of drug-likeness (QED) is 0.243. The summed E-state index contributed by atoms with van der Waals surface area (Å²) in [7, 11) is 0. The lowest BCUT2D eigenvalue weighted by Crippen LogP contribution is -2.22. The molecule has 4 rings (SSSR count). The van der Waals surface area contributed by atoms with Crippen LogP contribution >= 0.6 is 34.4 Å². The third-order valence-electron chi connectivity index (χ3n) is 4.07. The van der Waals surface area contributed by atoms with Gasteiger partial charge in [0.25, 0.3) is 5.56 Å². The number of hydrogen-bond acceptors (Lipinski definition) is 6. The fourth-order valence-electron chi connectivity index (χ4n) is 2.85. The minimum absolute atomic E-state index is 0.0167. The maximum atomic E-state index is 13.3. The van der Waals surface area contributed by atoms with Crippen LogP contribution in [0.25, 0.3) is 21.3 Å². The molecule has 0 amide bonds. The van der Waals surface area contributed by atoms with Crippen molar-refractivity contribution in [2.45, 2.75) is 24.4 Å². The van der Waals surface area contributed by atoms with Crippen LogP contribution in [0.3, 0.4) is 0 Å². The van der Waals surface area contributed by atoms with E-state index in [1.165, 1.54) is 11.3 Å². The molecule has 0 N–H and O–H groups in total. The molecular weight excluding hydrogens is 394 g/mol. The lowest BCUT2D eigenvalue weighted by atomic mass is 10.1. The van der Waals surface area contributed by atoms with Crippen molar-refractivity contribution in [1.82, 2.24) is 14.5 Å². The van der Waals surface area contributed by atoms with Crippen molar-refractivity contribution in [3.05, 3.63) is 74.8 Å². The molecule has 136 valence electrons. The molecule has 0 unspecified atom stereocenters. The Morgan fingerprint density at radius 2 is 2.00 bits per heavy atom. The first-order valence-corrected chi connectivity index (χ1v) is 11.1. The Morgan fingerprint density at radius 1 is 1.19 bits per heavy atom. The minimum Gasteiger partial charge on any atom is -0.283 e. The summed E-state index contributed by atoms with van der Waals surface area (Å²) in [5.74, 6) is 0.691. The zero-order chi connectivity index (χ0) is 18.8. The third kappa shape index (κ3) is 3.63. The number of benzene rings is 1. The molecule has 7 heteroatoms. The van der Waals surface area contributed by atoms with Gasteiger partial charge in [-0.25, -0.2) is 9.97 Å². The van der Waals surface area contributed by atoms with Crippen LogP contribution in [0, 0.1) is 6.92 Å². The summed E-state index contributed by atoms with van der Waals surface area (Å²) in [4.78, 5) is 23.3. The van der Waals surface area contributed by atoms with E-state index in [0.29, 0.717) is 22.8 Å². The van der Waals surface area contributed by atoms with E-state index >= 15 is 0 Å². The van der Waals surface area contributed by atoms with Crippen LogP contribution in [-0.2, 0) is 12.3 Å². The highest BCUT2D eigenvalue weighted by Crippen LogP contribution is 2.32. The number of fused-ring (bicyclic) bond motifs is 1. The highest BCUT2D eigenvalue weighted by Gasteiger charge is 2.17. The Hall–Kier alpha value is -2.22. The molecule has 0 spiro atoms. The smallest absolute Gasteiger partial charge is 0.263 e. The molecule has 0 saturated heterocycles. The first kappa shape index (κ1) is 18.2. The van der Waals surface area contributed by atoms with Crippen LogP contribution in [0.15, 0.2) is 63.7 Å². The summed E-state index contributed by atoms with van der Waals surface area (Å²) >= 11 is 4.69. The normalized spacial score (nSPS) is 11.1. The van der Waals surface area contributed by atoms with Crippen molar-refractivity contribution < 1.29 is 0 Å². The summed E-state index contributed by atoms with van der Waals surface area (Å²) < 4.78 is 1.71. The molecule has 0 saturated carbocycles. The zero-order valence-electron chi connectivity index (χ0n) is 14.7. The highest BCUT2D eigenvalue weighted by atomic mass is 32.2. The molecule has 4 aromatic rings. The maximum Gasteiger partial charge on any atom is 0.263 e. The molecule has 3 heterocycles. The van der Waals surface area contributed by atoms with Gasteiger partial charge in [0.1, 0.15) is 4.83 Å². The number of aromatic nitrogens is 3. The van der Waals surface area contributed by atoms with E-state index < -0.39 is 0 Å². The first-order chi connectivity index (χ1) is 13.2. The van der Waals surface area contributed by atoms with Gasteiger partial charge in [0, 0.05) is 28.6 Å². The summed E-state index contributed by atoms with van der Waals surface area (Å²) in [6.07, 6.45) is 1.74. The van der Waals surface area contributed by atoms with Crippen molar-refractivity contribution in [3.63, 3.8) is 0 Å². The summed E-state index contributed by atoms with van der Waals surface area (Å²) in [5.41, 5.74) is 2.97. The number of allylic oxidation sites excluding steroid dienone is 1. The number of thioether (sulfide) groups is 1. The molecule has 0 bridgehead atoms. The molecule has 0 aliphatic rings. The molecule has 0 atom stereocenters. The first-order valence-electron chi connectivity index (χ1n) is 8.39. The Labute approximate surface area is 169 Å². The Morgan fingerprint density at radius 3 is 2.70 bits per heavy atom. The molecule has 4 nitrogen and oxygen atoms in total. The van der Waals surface area contributed by atoms with Gasteiger partial charge in [-0.05, 0) is 12.5 Å². The van der Waals surface area contributed by atoms with E-state index in [4.69, 9.17) is 4.98 Å². The van der Waals surface area contributed by atoms with Crippen LogP contribution in [-0.4, -0.2) is 14.5 Å². The van der Waals surface area contributed by atoms with Gasteiger partial charge in [-0.2, -0.15) is 0 Å². The van der Waals surface area contributed by atoms with E-state index in [1.807, 2.05) is 42.6 Å². The Bertz CT molecular complexity index is 1160. The van der Waals surface area contributed by atoms with Crippen LogP contribution in [0.2, 0.25) is 0 Å². The fraction of sp³-hybridized carbons (Fsp3) is 0.150. The van der Waals surface area contributed by atoms with Crippen LogP contribution in [0.4, 0.5) is 0 Å². The van der Waals surface area contributed by atoms with Gasteiger partial charge in [-0.15, -0.1) is 29.3 Å². The SMILES string of the molecule is C=CCn1c(SCc2csc(C)n2)nc2scc(-c3ccccc3)c2c1=O. The minimum atomic E-state index is -0.0167. The van der Waals surface area contributed by atoms with E-state index in [0.717, 1.165) is 26.7 Å². The predicted octanol–water partition coefficient (Wildman–Crippen LogP) is 5.37. The molecule has 1 aromatic carbocycles. The fourth-order valence-corrected chi connectivity index (χ4v) is 5.46. The van der Waals surface area contributed by atoms with Crippen molar-refractivity contribution in [2.24, 2.45) is 0 Å². The van der Waals surface area contributed by atoms with E-state index in [-0.39, 0.29) is 5.56 Å². The second kappa shape index (κ2) is 7.80. The number of thiazole rings is 1. The molecule has 0 aliphatic carbocycles. The molecule has 0 aliphatic heterocycles. The van der Waals surface area contributed by atoms with Crippen LogP contribution in [0.5, 0.6) is 0 Å². The van der Waals surface area contributed by atoms with Crippen molar-refractivity contribution in [3.8, 4) is 11.1 Å². The Kier molecular flexibility index (Phi) is 5.24. The van der Waals surface area contributed by atoms with Crippen molar-refractivity contribution in [1.29, 1.82) is 0 Å². The third-order valence-corrected chi connectivity index (χ3v) is 6.78. The monoisotopic (exact) mass is 411 g/mol. The number of aryl methyl sites for hydroxylation is 1. The van der Waals surface area contributed by atoms with Crippen LogP contribution in [0.1, 0.15) is 10.7 Å².